The van der Waals surface area contributed by atoms with E-state index in [0.29, 0.717) is 50.4 Å². The van der Waals surface area contributed by atoms with Crippen molar-refractivity contribution in [2.75, 3.05) is 5.32 Å². The number of anilines is 1. The van der Waals surface area contributed by atoms with Gasteiger partial charge in [-0.25, -0.2) is 14.4 Å². The van der Waals surface area contributed by atoms with Crippen LogP contribution in [-0.4, -0.2) is 36.0 Å². The normalized spacial score (nSPS) is 14.0. The second-order valence-corrected chi connectivity index (χ2v) is 10.7. The number of aromatic amines is 2. The Kier molecular flexibility index (Phi) is 5.66. The molecule has 1 saturated carbocycles. The van der Waals surface area contributed by atoms with Gasteiger partial charge in [0.15, 0.2) is 16.6 Å². The molecule has 0 spiro atoms. The van der Waals surface area contributed by atoms with E-state index in [2.05, 4.69) is 35.5 Å². The number of nitrogens with zero attached hydrogens (tertiary/aromatic N) is 4. The number of halogens is 2. The molecule has 5 aromatic heterocycles. The smallest absolute Gasteiger partial charge is 0.227 e. The molecular formula is C28H21F2N7OS. The van der Waals surface area contributed by atoms with Gasteiger partial charge in [0.1, 0.15) is 11.5 Å². The highest BCUT2D eigenvalue weighted by molar-refractivity contribution is 7.14. The minimum absolute atomic E-state index is 0.00730. The molecule has 0 aliphatic heterocycles. The number of imidazole rings is 1. The van der Waals surface area contributed by atoms with Gasteiger partial charge in [0.25, 0.3) is 0 Å². The fraction of sp³-hybridized carbons (Fsp3) is 0.179. The summed E-state index contributed by atoms with van der Waals surface area (Å²) in [6, 6.07) is 9.74. The molecule has 8 nitrogen and oxygen atoms in total. The molecule has 0 radical (unpaired) electrons. The topological polar surface area (TPSA) is 112 Å². The highest BCUT2D eigenvalue weighted by atomic mass is 32.1. The summed E-state index contributed by atoms with van der Waals surface area (Å²) in [5.74, 6) is -0.0240. The summed E-state index contributed by atoms with van der Waals surface area (Å²) in [4.78, 5) is 29.8. The maximum absolute atomic E-state index is 15.2. The van der Waals surface area contributed by atoms with Crippen LogP contribution >= 0.6 is 11.3 Å². The zero-order valence-electron chi connectivity index (χ0n) is 20.5. The Bertz CT molecular complexity index is 1870. The third-order valence-electron chi connectivity index (χ3n) is 7.15. The van der Waals surface area contributed by atoms with E-state index in [1.54, 1.807) is 42.9 Å². The summed E-state index contributed by atoms with van der Waals surface area (Å²) in [5, 5.41) is 10.6. The monoisotopic (exact) mass is 541 g/mol. The third-order valence-corrected chi connectivity index (χ3v) is 8.06. The van der Waals surface area contributed by atoms with Crippen LogP contribution in [-0.2, 0) is 4.79 Å². The average Bonchev–Trinajstić information content (AvgIpc) is 3.74. The second kappa shape index (κ2) is 9.35. The summed E-state index contributed by atoms with van der Waals surface area (Å²) >= 11 is 1.04. The van der Waals surface area contributed by atoms with Gasteiger partial charge in [-0.05, 0) is 43.2 Å². The van der Waals surface area contributed by atoms with Gasteiger partial charge < -0.3 is 10.3 Å². The number of fused-ring (bicyclic) bond motifs is 2. The van der Waals surface area contributed by atoms with Crippen molar-refractivity contribution in [3.05, 3.63) is 65.9 Å². The summed E-state index contributed by atoms with van der Waals surface area (Å²) in [7, 11) is 0. The number of thiophene rings is 1. The zero-order chi connectivity index (χ0) is 26.5. The number of pyridine rings is 2. The number of rotatable bonds is 5. The Hall–Kier alpha value is -4.51. The van der Waals surface area contributed by atoms with E-state index in [-0.39, 0.29) is 17.0 Å². The van der Waals surface area contributed by atoms with Gasteiger partial charge in [-0.15, -0.1) is 11.3 Å². The van der Waals surface area contributed by atoms with Crippen LogP contribution in [0, 0.1) is 16.9 Å². The molecule has 0 bridgehead atoms. The maximum Gasteiger partial charge on any atom is 0.227 e. The Morgan fingerprint density at radius 1 is 1.05 bits per heavy atom. The van der Waals surface area contributed by atoms with E-state index in [9.17, 15) is 9.18 Å². The molecule has 5 heterocycles. The van der Waals surface area contributed by atoms with E-state index >= 15 is 4.39 Å². The molecule has 194 valence electrons. The van der Waals surface area contributed by atoms with E-state index in [1.165, 1.54) is 12.1 Å². The number of benzene rings is 1. The first-order valence-electron chi connectivity index (χ1n) is 12.6. The summed E-state index contributed by atoms with van der Waals surface area (Å²) in [6.07, 6.45) is 8.64. The van der Waals surface area contributed by atoms with E-state index in [4.69, 9.17) is 0 Å². The summed E-state index contributed by atoms with van der Waals surface area (Å²) in [5.41, 5.74) is 4.26. The standard InChI is InChI=1S/C28H21F2N7OS/c29-20-11-21-19(10-18(20)15-9-16(13-31-12-15)33-28(38)14-3-1-2-4-14)25(37-36-21)27-34-24-17(7-8-32-26(24)35-27)22-5-6-23(30)39-22/h5-14H,1-4H2,(H,33,38)(H,36,37)(H,32,34,35). The van der Waals surface area contributed by atoms with Gasteiger partial charge in [-0.1, -0.05) is 12.8 Å². The van der Waals surface area contributed by atoms with Crippen LogP contribution in [0.25, 0.3) is 55.2 Å². The molecule has 7 rings (SSSR count). The minimum atomic E-state index is -0.452. The predicted molar refractivity (Wildman–Crippen MR) is 146 cm³/mol. The van der Waals surface area contributed by atoms with Gasteiger partial charge >= 0.3 is 0 Å². The molecular weight excluding hydrogens is 520 g/mol. The van der Waals surface area contributed by atoms with Crippen LogP contribution in [0.1, 0.15) is 25.7 Å². The van der Waals surface area contributed by atoms with Gasteiger partial charge in [-0.3, -0.25) is 14.9 Å². The molecule has 3 N–H and O–H groups in total. The van der Waals surface area contributed by atoms with Crippen molar-refractivity contribution < 1.29 is 13.6 Å². The van der Waals surface area contributed by atoms with Crippen molar-refractivity contribution in [2.24, 2.45) is 5.92 Å². The van der Waals surface area contributed by atoms with Crippen molar-refractivity contribution >= 4 is 45.0 Å². The van der Waals surface area contributed by atoms with Crippen molar-refractivity contribution in [3.8, 4) is 33.1 Å². The lowest BCUT2D eigenvalue weighted by Crippen LogP contribution is -2.20. The summed E-state index contributed by atoms with van der Waals surface area (Å²) < 4.78 is 28.9. The fourth-order valence-electron chi connectivity index (χ4n) is 5.22. The van der Waals surface area contributed by atoms with Crippen LogP contribution < -0.4 is 5.32 Å². The van der Waals surface area contributed by atoms with Crippen molar-refractivity contribution in [1.29, 1.82) is 0 Å². The number of nitrogens with one attached hydrogen (secondary N) is 3. The highest BCUT2D eigenvalue weighted by Crippen LogP contribution is 2.36. The van der Waals surface area contributed by atoms with Gasteiger partial charge in [0.2, 0.25) is 5.91 Å². The number of aromatic nitrogens is 6. The zero-order valence-corrected chi connectivity index (χ0v) is 21.3. The Labute approximate surface area is 224 Å². The maximum atomic E-state index is 15.2. The SMILES string of the molecule is O=C(Nc1cncc(-c2cc3c(-c4nc5nccc(-c6ccc(F)s6)c5[nH]4)n[nH]c3cc2F)c1)C1CCCC1. The Morgan fingerprint density at radius 3 is 2.74 bits per heavy atom. The number of hydrogen-bond donors (Lipinski definition) is 3. The van der Waals surface area contributed by atoms with Crippen molar-refractivity contribution in [3.63, 3.8) is 0 Å². The number of carbonyl (C=O) groups excluding carboxylic acids is 1. The van der Waals surface area contributed by atoms with Crippen LogP contribution in [0.5, 0.6) is 0 Å². The molecule has 0 unspecified atom stereocenters. The fourth-order valence-corrected chi connectivity index (χ4v) is 5.98. The first-order chi connectivity index (χ1) is 19.0. The third kappa shape index (κ3) is 4.24. The minimum Gasteiger partial charge on any atom is -0.335 e. The molecule has 1 aliphatic rings. The largest absolute Gasteiger partial charge is 0.335 e. The van der Waals surface area contributed by atoms with Gasteiger partial charge in [0, 0.05) is 51.3 Å². The van der Waals surface area contributed by atoms with Crippen LogP contribution in [0.2, 0.25) is 0 Å². The number of amides is 1. The van der Waals surface area contributed by atoms with Crippen LogP contribution in [0.3, 0.4) is 0 Å². The average molecular weight is 542 g/mol. The molecule has 0 saturated heterocycles. The number of carbonyl (C=O) groups is 1. The Balaban J connectivity index is 1.27. The van der Waals surface area contributed by atoms with E-state index < -0.39 is 5.82 Å². The molecule has 0 atom stereocenters. The van der Waals surface area contributed by atoms with Gasteiger partial charge in [0.05, 0.1) is 22.9 Å². The number of hydrogen-bond acceptors (Lipinski definition) is 6. The molecule has 1 aliphatic carbocycles. The quantitative estimate of drug-likeness (QED) is 0.225. The first kappa shape index (κ1) is 23.6. The molecule has 1 fully saturated rings. The van der Waals surface area contributed by atoms with Crippen LogP contribution in [0.4, 0.5) is 14.5 Å². The molecule has 1 aromatic carbocycles. The van der Waals surface area contributed by atoms with Crippen molar-refractivity contribution in [1.82, 2.24) is 30.1 Å². The molecule has 11 heteroatoms. The van der Waals surface area contributed by atoms with E-state index in [1.807, 2.05) is 0 Å². The lowest BCUT2D eigenvalue weighted by atomic mass is 10.0. The first-order valence-corrected chi connectivity index (χ1v) is 13.4. The molecule has 6 aromatic rings. The second-order valence-electron chi connectivity index (χ2n) is 9.63. The predicted octanol–water partition coefficient (Wildman–Crippen LogP) is 6.70. The number of H-pyrrole nitrogens is 2. The van der Waals surface area contributed by atoms with E-state index in [0.717, 1.165) is 47.5 Å². The Morgan fingerprint density at radius 2 is 1.92 bits per heavy atom. The molecule has 1 amide bonds. The van der Waals surface area contributed by atoms with Crippen LogP contribution in [0.15, 0.2) is 55.0 Å². The summed E-state index contributed by atoms with van der Waals surface area (Å²) in [6.45, 7) is 0. The van der Waals surface area contributed by atoms with Crippen molar-refractivity contribution in [2.45, 2.75) is 25.7 Å². The highest BCUT2D eigenvalue weighted by Gasteiger charge is 2.23. The van der Waals surface area contributed by atoms with Gasteiger partial charge in [-0.2, -0.15) is 9.49 Å². The molecule has 39 heavy (non-hydrogen) atoms. The lowest BCUT2D eigenvalue weighted by Gasteiger charge is -2.11. The lowest BCUT2D eigenvalue weighted by molar-refractivity contribution is -0.119.